The molecule has 0 bridgehead atoms. The van der Waals surface area contributed by atoms with Crippen molar-refractivity contribution < 1.29 is 2.85 Å². The number of hydrogen-bond acceptors (Lipinski definition) is 2. The zero-order chi connectivity index (χ0) is 8.00. The maximum Gasteiger partial charge on any atom is 0 e. The van der Waals surface area contributed by atoms with Crippen molar-refractivity contribution in [3.63, 3.8) is 0 Å². The summed E-state index contributed by atoms with van der Waals surface area (Å²) in [6, 6.07) is 0. The van der Waals surface area contributed by atoms with Crippen LogP contribution in [0.1, 0.15) is 30.5 Å². The molecule has 0 rings (SSSR count). The lowest BCUT2D eigenvalue weighted by molar-refractivity contribution is 1.50. The smallest absolute Gasteiger partial charge is 0 e. The second-order valence-corrected chi connectivity index (χ2v) is 0. The van der Waals surface area contributed by atoms with Crippen molar-refractivity contribution in [2.75, 3.05) is 6.26 Å². The van der Waals surface area contributed by atoms with Crippen molar-refractivity contribution in [3.8, 4) is 0 Å². The fourth-order valence-electron chi connectivity index (χ4n) is 0. The van der Waals surface area contributed by atoms with E-state index in [4.69, 9.17) is 0 Å². The highest BCUT2D eigenvalue weighted by molar-refractivity contribution is 7.79. The van der Waals surface area contributed by atoms with E-state index in [0.29, 0.717) is 0 Å². The van der Waals surface area contributed by atoms with E-state index in [1.54, 1.807) is 6.26 Å². The SMILES string of the molecule is C=S.CC.CC.CS.[3HH].[3HH]. The summed E-state index contributed by atoms with van der Waals surface area (Å²) in [4.78, 5) is 0. The predicted molar refractivity (Wildman–Crippen MR) is 56.5 cm³/mol. The third-order valence-corrected chi connectivity index (χ3v) is 0. The molecule has 0 saturated heterocycles. The molecule has 0 N–H and O–H groups in total. The zero-order valence-electron chi connectivity index (χ0n) is 6.56. The second-order valence-electron chi connectivity index (χ2n) is 0. The molecule has 0 radical (unpaired) electrons. The van der Waals surface area contributed by atoms with Crippen molar-refractivity contribution >= 4 is 30.7 Å². The second kappa shape index (κ2) is 1590. The summed E-state index contributed by atoms with van der Waals surface area (Å²) in [5.41, 5.74) is 0. The van der Waals surface area contributed by atoms with Crippen molar-refractivity contribution in [1.82, 2.24) is 0 Å². The quantitative estimate of drug-likeness (QED) is 0.418. The molecule has 0 heterocycles. The van der Waals surface area contributed by atoms with Gasteiger partial charge in [0, 0.05) is 2.85 Å². The molecule has 0 fully saturated rings. The number of thiol groups is 1. The molecular weight excluding hydrogens is 136 g/mol. The topological polar surface area (TPSA) is 0 Å². The normalized spacial score (nSPS) is 2.75. The summed E-state index contributed by atoms with van der Waals surface area (Å²) in [7, 11) is 0. The molecule has 0 aromatic heterocycles. The summed E-state index contributed by atoms with van der Waals surface area (Å²) in [6.07, 6.45) is 1.69. The molecule has 0 aliphatic carbocycles. The monoisotopic (exact) mass is 162 g/mol. The molecule has 0 nitrogen and oxygen atoms in total. The van der Waals surface area contributed by atoms with Crippen LogP contribution in [0.25, 0.3) is 0 Å². The van der Waals surface area contributed by atoms with Crippen LogP contribution in [0.3, 0.4) is 0 Å². The molecule has 0 aromatic rings. The van der Waals surface area contributed by atoms with Crippen LogP contribution in [-0.4, -0.2) is 12.1 Å². The molecule has 0 atom stereocenters. The number of rotatable bonds is 0. The Morgan fingerprint density at radius 1 is 1.00 bits per heavy atom. The first kappa shape index (κ1) is 23.7. The van der Waals surface area contributed by atoms with Gasteiger partial charge in [0.1, 0.15) is 0 Å². The van der Waals surface area contributed by atoms with E-state index in [2.05, 4.69) is 30.7 Å². The molecular formula is C6H22S2. The Bertz CT molecular complexity index is 13.7. The molecule has 2 heteroatoms. The average Bonchev–Trinajstić information content (AvgIpc) is 2.03. The van der Waals surface area contributed by atoms with Gasteiger partial charge < -0.3 is 0 Å². The van der Waals surface area contributed by atoms with Crippen LogP contribution < -0.4 is 0 Å². The molecule has 0 unspecified atom stereocenters. The van der Waals surface area contributed by atoms with Gasteiger partial charge in [-0.15, -0.1) is 0 Å². The molecule has 8 heavy (non-hydrogen) atoms. The third-order valence-electron chi connectivity index (χ3n) is 0. The highest BCUT2D eigenvalue weighted by atomic mass is 32.1. The van der Waals surface area contributed by atoms with Crippen LogP contribution in [0.4, 0.5) is 0 Å². The van der Waals surface area contributed by atoms with E-state index in [1.165, 1.54) is 0 Å². The molecule has 0 amide bonds. The van der Waals surface area contributed by atoms with Crippen LogP contribution in [-0.2, 0) is 0 Å². The first-order valence-electron chi connectivity index (χ1n) is 2.74. The lowest BCUT2D eigenvalue weighted by Crippen LogP contribution is -0.865. The van der Waals surface area contributed by atoms with Crippen molar-refractivity contribution in [2.24, 2.45) is 0 Å². The van der Waals surface area contributed by atoms with Gasteiger partial charge in [0.25, 0.3) is 0 Å². The van der Waals surface area contributed by atoms with E-state index in [9.17, 15) is 0 Å². The molecule has 0 saturated carbocycles. The van der Waals surface area contributed by atoms with E-state index >= 15 is 0 Å². The van der Waals surface area contributed by atoms with Crippen molar-refractivity contribution in [2.45, 2.75) is 27.7 Å². The molecule has 0 aromatic carbocycles. The van der Waals surface area contributed by atoms with Gasteiger partial charge in [0.15, 0.2) is 0 Å². The average molecular weight is 162 g/mol. The molecule has 58 valence electrons. The number of hydrogen-bond donors (Lipinski definition) is 1. The van der Waals surface area contributed by atoms with Gasteiger partial charge in [0.2, 0.25) is 0 Å². The minimum absolute atomic E-state index is 0. The zero-order valence-corrected chi connectivity index (χ0v) is 8.27. The molecule has 0 aliphatic rings. The van der Waals surface area contributed by atoms with Crippen LogP contribution in [0.15, 0.2) is 0 Å². The van der Waals surface area contributed by atoms with Crippen LogP contribution in [0, 0.1) is 0 Å². The highest BCUT2D eigenvalue weighted by Crippen LogP contribution is 1.31. The van der Waals surface area contributed by atoms with Crippen LogP contribution in [0.5, 0.6) is 0 Å². The Balaban J connectivity index is -0.00000000500. The Hall–Kier alpha value is 0.440. The van der Waals surface area contributed by atoms with Gasteiger partial charge >= 0.3 is 0 Å². The first-order chi connectivity index (χ1) is 4.00. The van der Waals surface area contributed by atoms with Gasteiger partial charge in [0.05, 0.1) is 0 Å². The van der Waals surface area contributed by atoms with Crippen LogP contribution >= 0.6 is 24.8 Å². The largest absolute Gasteiger partial charge is 0.183 e. The minimum atomic E-state index is 0. The van der Waals surface area contributed by atoms with Gasteiger partial charge in [-0.05, 0) is 12.1 Å². The van der Waals surface area contributed by atoms with Crippen molar-refractivity contribution in [1.29, 1.82) is 0 Å². The van der Waals surface area contributed by atoms with Gasteiger partial charge in [-0.1, -0.05) is 39.9 Å². The summed E-state index contributed by atoms with van der Waals surface area (Å²) in [6.45, 7) is 8.00. The van der Waals surface area contributed by atoms with E-state index in [-0.39, 0.29) is 2.85 Å². The van der Waals surface area contributed by atoms with Gasteiger partial charge in [-0.25, -0.2) is 0 Å². The maximum absolute atomic E-state index is 3.83. The first-order valence-corrected chi connectivity index (χ1v) is 4.21. The standard InChI is InChI=1S/2C2H6.CH4S.CH2S.2H2/c4*1-2;;/h2*1-2H3;2H,1H3;1H2;2*1H/i;;;;2*1+2. The van der Waals surface area contributed by atoms with Gasteiger partial charge in [-0.2, -0.15) is 12.6 Å². The summed E-state index contributed by atoms with van der Waals surface area (Å²) < 4.78 is 0. The predicted octanol–water partition coefficient (Wildman–Crippen LogP) is 3.71. The lowest BCUT2D eigenvalue weighted by atomic mass is 11.0. The van der Waals surface area contributed by atoms with Gasteiger partial charge in [-0.3, -0.25) is 0 Å². The molecule has 0 spiro atoms. The number of thiocarbonyl (C=S) groups is 1. The van der Waals surface area contributed by atoms with E-state index < -0.39 is 0 Å². The molecule has 0 aliphatic heterocycles. The Kier molecular flexibility index (Phi) is 4720. The van der Waals surface area contributed by atoms with E-state index in [0.717, 1.165) is 0 Å². The summed E-state index contributed by atoms with van der Waals surface area (Å²) in [5.74, 6) is 2.83. The third kappa shape index (κ3) is 984. The Labute approximate surface area is 68.1 Å². The maximum atomic E-state index is 3.83. The fourth-order valence-corrected chi connectivity index (χ4v) is 0. The fraction of sp³-hybridized carbons (Fsp3) is 0.833. The Morgan fingerprint density at radius 3 is 1.00 bits per heavy atom. The summed E-state index contributed by atoms with van der Waals surface area (Å²) >= 11 is 7.36. The van der Waals surface area contributed by atoms with Crippen LogP contribution in [0.2, 0.25) is 0 Å². The lowest BCUT2D eigenvalue weighted by Gasteiger charge is -1.11. The van der Waals surface area contributed by atoms with E-state index in [1.807, 2.05) is 27.7 Å². The summed E-state index contributed by atoms with van der Waals surface area (Å²) in [5, 5.41) is 0. The minimum Gasteiger partial charge on any atom is -0.183 e. The Morgan fingerprint density at radius 2 is 1.00 bits per heavy atom. The highest BCUT2D eigenvalue weighted by Gasteiger charge is 0.934. The van der Waals surface area contributed by atoms with Crippen molar-refractivity contribution in [3.05, 3.63) is 0 Å².